The highest BCUT2D eigenvalue weighted by molar-refractivity contribution is 5.97. The lowest BCUT2D eigenvalue weighted by atomic mass is 9.76. The number of hydrogen-bond donors (Lipinski definition) is 1. The number of carbonyl (C=O) groups is 2. The van der Waals surface area contributed by atoms with Crippen LogP contribution in [0.2, 0.25) is 0 Å². The van der Waals surface area contributed by atoms with E-state index in [0.717, 1.165) is 62.3 Å². The molecule has 1 aromatic rings. The van der Waals surface area contributed by atoms with Gasteiger partial charge in [0.25, 0.3) is 5.91 Å². The molecule has 1 N–H and O–H groups in total. The van der Waals surface area contributed by atoms with E-state index in [1.807, 2.05) is 11.6 Å². The molecule has 8 heteroatoms. The summed E-state index contributed by atoms with van der Waals surface area (Å²) in [6.07, 6.45) is 4.85. The van der Waals surface area contributed by atoms with Gasteiger partial charge in [-0.25, -0.2) is 0 Å². The number of nitrogens with zero attached hydrogens (tertiary/aromatic N) is 2. The number of fused-ring (bicyclic) bond motifs is 1. The third-order valence-electron chi connectivity index (χ3n) is 6.43. The Hall–Kier alpha value is -1.93. The first-order chi connectivity index (χ1) is 14.1. The number of rotatable bonds is 6. The maximum Gasteiger partial charge on any atom is 0.311 e. The summed E-state index contributed by atoms with van der Waals surface area (Å²) >= 11 is 0. The number of aryl methyl sites for hydroxylation is 2. The van der Waals surface area contributed by atoms with E-state index in [2.05, 4.69) is 5.32 Å². The molecule has 8 nitrogen and oxygen atoms in total. The van der Waals surface area contributed by atoms with Crippen molar-refractivity contribution < 1.29 is 23.8 Å². The molecule has 0 radical (unpaired) electrons. The Morgan fingerprint density at radius 2 is 2.14 bits per heavy atom. The minimum absolute atomic E-state index is 0.0147. The average molecular weight is 405 g/mol. The van der Waals surface area contributed by atoms with Crippen LogP contribution >= 0.6 is 0 Å². The summed E-state index contributed by atoms with van der Waals surface area (Å²) in [6, 6.07) is 0. The molecule has 160 valence electrons. The Balaban J connectivity index is 1.44. The van der Waals surface area contributed by atoms with Gasteiger partial charge in [0.2, 0.25) is 0 Å². The molecule has 1 amide bonds. The number of carbonyl (C=O) groups excluding carboxylic acids is 2. The second-order valence-electron chi connectivity index (χ2n) is 8.40. The van der Waals surface area contributed by atoms with Crippen LogP contribution in [0.5, 0.6) is 0 Å². The fourth-order valence-electron chi connectivity index (χ4n) is 4.58. The van der Waals surface area contributed by atoms with Gasteiger partial charge in [0, 0.05) is 39.3 Å². The van der Waals surface area contributed by atoms with Crippen LogP contribution in [0.15, 0.2) is 0 Å². The van der Waals surface area contributed by atoms with Crippen molar-refractivity contribution >= 4 is 11.9 Å². The lowest BCUT2D eigenvalue weighted by Gasteiger charge is -2.36. The largest absolute Gasteiger partial charge is 0.465 e. The molecule has 3 aliphatic rings. The van der Waals surface area contributed by atoms with Gasteiger partial charge in [-0.05, 0) is 37.5 Å². The SMILES string of the molecule is CCc1nn(CCCOC(=O)C2CCOC2)c2c1C(=O)NCC1(CCOCC1)C2. The summed E-state index contributed by atoms with van der Waals surface area (Å²) in [6.45, 7) is 6.28. The van der Waals surface area contributed by atoms with Crippen molar-refractivity contribution in [3.8, 4) is 0 Å². The second kappa shape index (κ2) is 8.83. The van der Waals surface area contributed by atoms with Crippen molar-refractivity contribution in [1.82, 2.24) is 15.1 Å². The van der Waals surface area contributed by atoms with Crippen molar-refractivity contribution in [2.75, 3.05) is 39.6 Å². The highest BCUT2D eigenvalue weighted by Gasteiger charge is 2.39. The third kappa shape index (κ3) is 4.33. The molecular formula is C21H31N3O5. The van der Waals surface area contributed by atoms with E-state index in [1.165, 1.54) is 0 Å². The highest BCUT2D eigenvalue weighted by Crippen LogP contribution is 2.37. The van der Waals surface area contributed by atoms with Gasteiger partial charge in [0.05, 0.1) is 36.1 Å². The maximum atomic E-state index is 12.8. The van der Waals surface area contributed by atoms with Crippen molar-refractivity contribution in [3.05, 3.63) is 17.0 Å². The fraction of sp³-hybridized carbons (Fsp3) is 0.762. The smallest absolute Gasteiger partial charge is 0.311 e. The normalized spacial score (nSPS) is 23.5. The fourth-order valence-corrected chi connectivity index (χ4v) is 4.58. The summed E-state index contributed by atoms with van der Waals surface area (Å²) in [5.74, 6) is -0.310. The monoisotopic (exact) mass is 405 g/mol. The molecule has 1 unspecified atom stereocenters. The van der Waals surface area contributed by atoms with Crippen molar-refractivity contribution in [1.29, 1.82) is 0 Å². The van der Waals surface area contributed by atoms with E-state index in [1.54, 1.807) is 0 Å². The summed E-state index contributed by atoms with van der Waals surface area (Å²) in [4.78, 5) is 24.9. The third-order valence-corrected chi connectivity index (χ3v) is 6.43. The molecule has 1 spiro atoms. The van der Waals surface area contributed by atoms with E-state index in [9.17, 15) is 9.59 Å². The Morgan fingerprint density at radius 3 is 2.86 bits per heavy atom. The Kier molecular flexibility index (Phi) is 6.20. The van der Waals surface area contributed by atoms with Crippen molar-refractivity contribution in [2.24, 2.45) is 11.3 Å². The van der Waals surface area contributed by atoms with Crippen LogP contribution in [0.1, 0.15) is 54.4 Å². The molecule has 2 fully saturated rings. The number of amides is 1. The predicted molar refractivity (Wildman–Crippen MR) is 105 cm³/mol. The minimum Gasteiger partial charge on any atom is -0.465 e. The first-order valence-corrected chi connectivity index (χ1v) is 10.8. The first-order valence-electron chi connectivity index (χ1n) is 10.8. The molecule has 1 aromatic heterocycles. The van der Waals surface area contributed by atoms with Gasteiger partial charge in [-0.2, -0.15) is 5.10 Å². The molecule has 0 aromatic carbocycles. The highest BCUT2D eigenvalue weighted by atomic mass is 16.5. The first kappa shape index (κ1) is 20.3. The van der Waals surface area contributed by atoms with Crippen LogP contribution in [0.25, 0.3) is 0 Å². The minimum atomic E-state index is -0.170. The molecule has 4 heterocycles. The summed E-state index contributed by atoms with van der Waals surface area (Å²) in [5.41, 5.74) is 2.66. The van der Waals surface area contributed by atoms with E-state index < -0.39 is 0 Å². The molecule has 0 saturated carbocycles. The molecule has 0 aliphatic carbocycles. The number of esters is 1. The van der Waals surface area contributed by atoms with Gasteiger partial charge < -0.3 is 19.5 Å². The Bertz CT molecular complexity index is 748. The van der Waals surface area contributed by atoms with Gasteiger partial charge in [-0.1, -0.05) is 6.92 Å². The summed E-state index contributed by atoms with van der Waals surface area (Å²) in [5, 5.41) is 7.87. The molecule has 1 atom stereocenters. The Morgan fingerprint density at radius 1 is 1.31 bits per heavy atom. The van der Waals surface area contributed by atoms with Crippen LogP contribution in [-0.4, -0.2) is 61.2 Å². The zero-order chi connectivity index (χ0) is 20.3. The molecule has 4 rings (SSSR count). The molecule has 0 bridgehead atoms. The van der Waals surface area contributed by atoms with Gasteiger partial charge >= 0.3 is 5.97 Å². The van der Waals surface area contributed by atoms with Crippen LogP contribution in [0, 0.1) is 11.3 Å². The molecule has 3 aliphatic heterocycles. The maximum absolute atomic E-state index is 12.8. The number of nitrogens with one attached hydrogen (secondary N) is 1. The quantitative estimate of drug-likeness (QED) is 0.570. The van der Waals surface area contributed by atoms with Gasteiger partial charge in [0.15, 0.2) is 0 Å². The van der Waals surface area contributed by atoms with E-state index in [0.29, 0.717) is 39.3 Å². The number of hydrogen-bond acceptors (Lipinski definition) is 6. The van der Waals surface area contributed by atoms with Crippen LogP contribution < -0.4 is 5.32 Å². The van der Waals surface area contributed by atoms with E-state index in [-0.39, 0.29) is 23.2 Å². The van der Waals surface area contributed by atoms with Gasteiger partial charge in [0.1, 0.15) is 0 Å². The average Bonchev–Trinajstić information content (AvgIpc) is 3.36. The van der Waals surface area contributed by atoms with Gasteiger partial charge in [-0.3, -0.25) is 14.3 Å². The van der Waals surface area contributed by atoms with Crippen molar-refractivity contribution in [3.63, 3.8) is 0 Å². The van der Waals surface area contributed by atoms with Gasteiger partial charge in [-0.15, -0.1) is 0 Å². The predicted octanol–water partition coefficient (Wildman–Crippen LogP) is 1.50. The molecule has 29 heavy (non-hydrogen) atoms. The molecular weight excluding hydrogens is 374 g/mol. The zero-order valence-electron chi connectivity index (χ0n) is 17.2. The summed E-state index contributed by atoms with van der Waals surface area (Å²) < 4.78 is 18.2. The zero-order valence-corrected chi connectivity index (χ0v) is 17.2. The topological polar surface area (TPSA) is 91.7 Å². The van der Waals surface area contributed by atoms with E-state index in [4.69, 9.17) is 19.3 Å². The lowest BCUT2D eigenvalue weighted by molar-refractivity contribution is -0.148. The van der Waals surface area contributed by atoms with Crippen LogP contribution in [0.4, 0.5) is 0 Å². The number of ether oxygens (including phenoxy) is 3. The van der Waals surface area contributed by atoms with E-state index >= 15 is 0 Å². The molecule has 2 saturated heterocycles. The summed E-state index contributed by atoms with van der Waals surface area (Å²) in [7, 11) is 0. The van der Waals surface area contributed by atoms with Crippen LogP contribution in [-0.2, 0) is 38.4 Å². The Labute approximate surface area is 171 Å². The second-order valence-corrected chi connectivity index (χ2v) is 8.40. The van der Waals surface area contributed by atoms with Crippen molar-refractivity contribution in [2.45, 2.75) is 52.0 Å². The lowest BCUT2D eigenvalue weighted by Crippen LogP contribution is -2.40. The van der Waals surface area contributed by atoms with Crippen LogP contribution in [0.3, 0.4) is 0 Å². The number of aromatic nitrogens is 2. The standard InChI is InChI=1S/C21H31N3O5/c1-2-16-18-17(12-21(14-22-19(18)25)5-10-27-11-6-21)24(23-16)7-3-8-29-20(26)15-4-9-28-13-15/h15H,2-14H2,1H3,(H,22,25).